The Labute approximate surface area is 92.9 Å². The Morgan fingerprint density at radius 2 is 2.20 bits per heavy atom. The van der Waals surface area contributed by atoms with Crippen molar-refractivity contribution in [1.29, 1.82) is 5.26 Å². The summed E-state index contributed by atoms with van der Waals surface area (Å²) in [5, 5.41) is 17.7. The average Bonchev–Trinajstić information content (AvgIpc) is 2.82. The van der Waals surface area contributed by atoms with Crippen LogP contribution in [0.25, 0.3) is 0 Å². The second-order valence-electron chi connectivity index (χ2n) is 3.55. The van der Waals surface area contributed by atoms with Crippen LogP contribution in [0.5, 0.6) is 0 Å². The summed E-state index contributed by atoms with van der Waals surface area (Å²) in [6, 6.07) is 2.28. The number of hydrogen-bond acceptors (Lipinski definition) is 6. The van der Waals surface area contributed by atoms with E-state index in [0.717, 1.165) is 31.3 Å². The molecule has 1 aliphatic rings. The number of nitrogens with zero attached hydrogens (tertiary/aromatic N) is 5. The van der Waals surface area contributed by atoms with Gasteiger partial charge in [-0.1, -0.05) is 11.3 Å². The number of aromatic nitrogens is 2. The van der Waals surface area contributed by atoms with Crippen molar-refractivity contribution in [1.82, 2.24) is 15.1 Å². The van der Waals surface area contributed by atoms with Gasteiger partial charge in [0.05, 0.1) is 12.1 Å². The molecular formula is C9H13N5S. The Hall–Kier alpha value is -1.19. The minimum Gasteiger partial charge on any atom is -0.344 e. The Morgan fingerprint density at radius 3 is 2.73 bits per heavy atom. The van der Waals surface area contributed by atoms with Crippen LogP contribution in [0.1, 0.15) is 6.92 Å². The molecule has 2 rings (SSSR count). The summed E-state index contributed by atoms with van der Waals surface area (Å²) in [7, 11) is 0. The summed E-state index contributed by atoms with van der Waals surface area (Å²) in [6.45, 7) is 5.66. The minimum atomic E-state index is 0.0153. The predicted octanol–water partition coefficient (Wildman–Crippen LogP) is 0.572. The van der Waals surface area contributed by atoms with Crippen molar-refractivity contribution in [2.24, 2.45) is 0 Å². The van der Waals surface area contributed by atoms with Gasteiger partial charge in [-0.05, 0) is 6.92 Å². The highest BCUT2D eigenvalue weighted by Gasteiger charge is 2.21. The van der Waals surface area contributed by atoms with Crippen LogP contribution in [0, 0.1) is 11.3 Å². The van der Waals surface area contributed by atoms with Gasteiger partial charge < -0.3 is 4.90 Å². The van der Waals surface area contributed by atoms with Gasteiger partial charge in [0.2, 0.25) is 5.13 Å². The van der Waals surface area contributed by atoms with Crippen molar-refractivity contribution >= 4 is 16.5 Å². The molecule has 6 heteroatoms. The molecule has 1 fully saturated rings. The van der Waals surface area contributed by atoms with E-state index in [0.29, 0.717) is 0 Å². The van der Waals surface area contributed by atoms with Crippen LogP contribution in [0.3, 0.4) is 0 Å². The van der Waals surface area contributed by atoms with Crippen molar-refractivity contribution in [2.45, 2.75) is 13.0 Å². The molecule has 0 spiro atoms. The van der Waals surface area contributed by atoms with E-state index in [2.05, 4.69) is 26.1 Å². The fourth-order valence-corrected chi connectivity index (χ4v) is 2.30. The van der Waals surface area contributed by atoms with E-state index in [9.17, 15) is 0 Å². The molecule has 1 atom stereocenters. The Kier molecular flexibility index (Phi) is 3.14. The van der Waals surface area contributed by atoms with Gasteiger partial charge in [-0.15, -0.1) is 10.2 Å². The van der Waals surface area contributed by atoms with Crippen molar-refractivity contribution < 1.29 is 0 Å². The molecule has 80 valence electrons. The van der Waals surface area contributed by atoms with Crippen LogP contribution in [0.15, 0.2) is 5.51 Å². The van der Waals surface area contributed by atoms with E-state index in [1.807, 2.05) is 6.92 Å². The third-order valence-corrected chi connectivity index (χ3v) is 3.42. The van der Waals surface area contributed by atoms with Gasteiger partial charge in [0.25, 0.3) is 0 Å². The van der Waals surface area contributed by atoms with Gasteiger partial charge in [-0.25, -0.2) is 0 Å². The maximum atomic E-state index is 8.81. The molecule has 0 aliphatic carbocycles. The quantitative estimate of drug-likeness (QED) is 0.733. The van der Waals surface area contributed by atoms with Crippen LogP contribution in [0.2, 0.25) is 0 Å². The maximum Gasteiger partial charge on any atom is 0.208 e. The molecular weight excluding hydrogens is 210 g/mol. The molecule has 15 heavy (non-hydrogen) atoms. The molecule has 1 aliphatic heterocycles. The second-order valence-corrected chi connectivity index (χ2v) is 4.36. The Morgan fingerprint density at radius 1 is 1.47 bits per heavy atom. The molecule has 1 aromatic heterocycles. The highest BCUT2D eigenvalue weighted by molar-refractivity contribution is 7.13. The summed E-state index contributed by atoms with van der Waals surface area (Å²) in [4.78, 5) is 4.41. The molecule has 1 saturated heterocycles. The van der Waals surface area contributed by atoms with Crippen LogP contribution in [0.4, 0.5) is 5.13 Å². The summed E-state index contributed by atoms with van der Waals surface area (Å²) < 4.78 is 0. The first kappa shape index (κ1) is 10.3. The fourth-order valence-electron chi connectivity index (χ4n) is 1.69. The zero-order valence-electron chi connectivity index (χ0n) is 8.63. The van der Waals surface area contributed by atoms with E-state index in [1.54, 1.807) is 16.8 Å². The topological polar surface area (TPSA) is 56.1 Å². The standard InChI is InChI=1S/C9H13N5S/c1-8(6-10)13-2-4-14(5-3-13)9-12-11-7-15-9/h7-8H,2-5H2,1H3. The molecule has 5 nitrogen and oxygen atoms in total. The second kappa shape index (κ2) is 4.55. The average molecular weight is 223 g/mol. The molecule has 0 radical (unpaired) electrons. The lowest BCUT2D eigenvalue weighted by Crippen LogP contribution is -2.49. The Bertz CT molecular complexity index is 336. The molecule has 0 saturated carbocycles. The normalized spacial score (nSPS) is 19.9. The van der Waals surface area contributed by atoms with Gasteiger partial charge in [0, 0.05) is 26.2 Å². The zero-order valence-corrected chi connectivity index (χ0v) is 9.44. The van der Waals surface area contributed by atoms with E-state index >= 15 is 0 Å². The molecule has 0 amide bonds. The lowest BCUT2D eigenvalue weighted by Gasteiger charge is -2.35. The molecule has 2 heterocycles. The van der Waals surface area contributed by atoms with Crippen LogP contribution < -0.4 is 4.90 Å². The zero-order chi connectivity index (χ0) is 10.7. The van der Waals surface area contributed by atoms with Crippen LogP contribution in [-0.4, -0.2) is 47.3 Å². The van der Waals surface area contributed by atoms with Gasteiger partial charge >= 0.3 is 0 Å². The largest absolute Gasteiger partial charge is 0.344 e. The summed E-state index contributed by atoms with van der Waals surface area (Å²) in [5.41, 5.74) is 1.75. The summed E-state index contributed by atoms with van der Waals surface area (Å²) in [5.74, 6) is 0. The van der Waals surface area contributed by atoms with Crippen LogP contribution >= 0.6 is 11.3 Å². The third-order valence-electron chi connectivity index (χ3n) is 2.67. The fraction of sp³-hybridized carbons (Fsp3) is 0.667. The Balaban J connectivity index is 1.90. The lowest BCUT2D eigenvalue weighted by atomic mass is 10.2. The minimum absolute atomic E-state index is 0.0153. The monoisotopic (exact) mass is 223 g/mol. The number of nitriles is 1. The number of hydrogen-bond donors (Lipinski definition) is 0. The van der Waals surface area contributed by atoms with Gasteiger partial charge in [0.15, 0.2) is 0 Å². The van der Waals surface area contributed by atoms with Crippen molar-refractivity contribution in [3.8, 4) is 6.07 Å². The van der Waals surface area contributed by atoms with Crippen molar-refractivity contribution in [2.75, 3.05) is 31.1 Å². The number of anilines is 1. The number of rotatable bonds is 2. The first-order valence-electron chi connectivity index (χ1n) is 4.96. The molecule has 1 aromatic rings. The lowest BCUT2D eigenvalue weighted by molar-refractivity contribution is 0.231. The third kappa shape index (κ3) is 2.25. The van der Waals surface area contributed by atoms with Gasteiger partial charge in [0.1, 0.15) is 5.51 Å². The highest BCUT2D eigenvalue weighted by atomic mass is 32.1. The smallest absolute Gasteiger partial charge is 0.208 e. The van der Waals surface area contributed by atoms with E-state index in [-0.39, 0.29) is 6.04 Å². The molecule has 1 unspecified atom stereocenters. The van der Waals surface area contributed by atoms with Gasteiger partial charge in [-0.2, -0.15) is 5.26 Å². The van der Waals surface area contributed by atoms with Gasteiger partial charge in [-0.3, -0.25) is 4.90 Å². The first-order chi connectivity index (χ1) is 7.31. The van der Waals surface area contributed by atoms with E-state index in [4.69, 9.17) is 5.26 Å². The first-order valence-corrected chi connectivity index (χ1v) is 5.84. The van der Waals surface area contributed by atoms with E-state index < -0.39 is 0 Å². The number of piperazine rings is 1. The summed E-state index contributed by atoms with van der Waals surface area (Å²) >= 11 is 1.57. The summed E-state index contributed by atoms with van der Waals surface area (Å²) in [6.07, 6.45) is 0. The van der Waals surface area contributed by atoms with Crippen molar-refractivity contribution in [3.63, 3.8) is 0 Å². The van der Waals surface area contributed by atoms with E-state index in [1.165, 1.54) is 0 Å². The molecule has 0 N–H and O–H groups in total. The maximum absolute atomic E-state index is 8.81. The molecule has 0 bridgehead atoms. The predicted molar refractivity (Wildman–Crippen MR) is 58.8 cm³/mol. The highest BCUT2D eigenvalue weighted by Crippen LogP contribution is 2.17. The molecule has 0 aromatic carbocycles. The van der Waals surface area contributed by atoms with Crippen LogP contribution in [-0.2, 0) is 0 Å². The van der Waals surface area contributed by atoms with Crippen molar-refractivity contribution in [3.05, 3.63) is 5.51 Å². The SMILES string of the molecule is CC(C#N)N1CCN(c2nncs2)CC1.